The molecule has 0 bridgehead atoms. The lowest BCUT2D eigenvalue weighted by atomic mass is 9.95. The number of imidazole rings is 1. The van der Waals surface area contributed by atoms with Gasteiger partial charge in [-0.25, -0.2) is 4.98 Å². The molecule has 11 heteroatoms. The van der Waals surface area contributed by atoms with Gasteiger partial charge in [-0.3, -0.25) is 4.68 Å². The summed E-state index contributed by atoms with van der Waals surface area (Å²) in [6, 6.07) is 7.38. The molecule has 0 amide bonds. The van der Waals surface area contributed by atoms with Crippen molar-refractivity contribution in [2.75, 3.05) is 10.6 Å². The molecular formula is C23H25F3N8. The van der Waals surface area contributed by atoms with Crippen molar-refractivity contribution in [1.82, 2.24) is 29.3 Å². The van der Waals surface area contributed by atoms with Crippen LogP contribution in [-0.2, 0) is 19.8 Å². The first-order valence-electron chi connectivity index (χ1n) is 11.3. The molecule has 8 nitrogen and oxygen atoms in total. The highest BCUT2D eigenvalue weighted by Gasteiger charge is 2.30. The predicted octanol–water partition coefficient (Wildman–Crippen LogP) is 5.44. The summed E-state index contributed by atoms with van der Waals surface area (Å²) in [7, 11) is 1.81. The third kappa shape index (κ3) is 4.55. The van der Waals surface area contributed by atoms with Gasteiger partial charge in [0.05, 0.1) is 18.1 Å². The van der Waals surface area contributed by atoms with Crippen molar-refractivity contribution in [3.05, 3.63) is 54.0 Å². The molecule has 0 unspecified atom stereocenters. The van der Waals surface area contributed by atoms with Crippen molar-refractivity contribution >= 4 is 28.7 Å². The molecule has 4 aromatic rings. The first-order chi connectivity index (χ1) is 16.4. The summed E-state index contributed by atoms with van der Waals surface area (Å²) in [4.78, 5) is 13.9. The zero-order valence-corrected chi connectivity index (χ0v) is 18.7. The molecule has 0 spiro atoms. The summed E-state index contributed by atoms with van der Waals surface area (Å²) >= 11 is 0. The fourth-order valence-corrected chi connectivity index (χ4v) is 4.38. The van der Waals surface area contributed by atoms with Gasteiger partial charge in [0.25, 0.3) is 0 Å². The van der Waals surface area contributed by atoms with Crippen LogP contribution < -0.4 is 10.6 Å². The third-order valence-electron chi connectivity index (χ3n) is 6.16. The van der Waals surface area contributed by atoms with Gasteiger partial charge >= 0.3 is 6.18 Å². The molecule has 0 atom stereocenters. The Bertz CT molecular complexity index is 1290. The third-order valence-corrected chi connectivity index (χ3v) is 6.16. The van der Waals surface area contributed by atoms with Crippen LogP contribution in [0, 0.1) is 0 Å². The second-order valence-electron chi connectivity index (χ2n) is 8.53. The minimum atomic E-state index is -4.39. The van der Waals surface area contributed by atoms with Gasteiger partial charge in [-0.05, 0) is 30.5 Å². The van der Waals surface area contributed by atoms with Gasteiger partial charge in [0, 0.05) is 25.7 Å². The lowest BCUT2D eigenvalue weighted by Crippen LogP contribution is -2.13. The van der Waals surface area contributed by atoms with Crippen molar-refractivity contribution in [3.63, 3.8) is 0 Å². The second kappa shape index (κ2) is 8.96. The number of nitrogens with one attached hydrogen (secondary N) is 2. The number of halogens is 3. The van der Waals surface area contributed by atoms with E-state index >= 15 is 0 Å². The standard InChI is InChI=1S/C23H25F3N8/c1-33-18(10-11-29-33)30-22-31-20(27-13-15-6-5-7-16(12-15)23(24,25)26)19-21(32-22)34(14-28-19)17-8-3-2-4-9-17/h5-7,10-12,14,17H,2-4,8-9,13H2,1H3,(H2,27,30,31,32). The number of aryl methyl sites for hydroxylation is 1. The quantitative estimate of drug-likeness (QED) is 0.390. The first-order valence-corrected chi connectivity index (χ1v) is 11.3. The number of aromatic nitrogens is 6. The molecule has 0 saturated heterocycles. The van der Waals surface area contributed by atoms with Crippen LogP contribution in [0.2, 0.25) is 0 Å². The van der Waals surface area contributed by atoms with E-state index in [-0.39, 0.29) is 6.54 Å². The minimum Gasteiger partial charge on any atom is -0.364 e. The molecule has 3 heterocycles. The monoisotopic (exact) mass is 470 g/mol. The van der Waals surface area contributed by atoms with Crippen molar-refractivity contribution < 1.29 is 13.2 Å². The van der Waals surface area contributed by atoms with Gasteiger partial charge < -0.3 is 15.2 Å². The summed E-state index contributed by atoms with van der Waals surface area (Å²) in [5.41, 5.74) is 1.10. The SMILES string of the molecule is Cn1nccc1Nc1nc(NCc2cccc(C(F)(F)F)c2)c2ncn(C3CCCCC3)c2n1. The van der Waals surface area contributed by atoms with Gasteiger partial charge in [0.2, 0.25) is 5.95 Å². The Morgan fingerprint density at radius 1 is 1.09 bits per heavy atom. The predicted molar refractivity (Wildman–Crippen MR) is 123 cm³/mol. The lowest BCUT2D eigenvalue weighted by Gasteiger charge is -2.23. The number of hydrogen-bond acceptors (Lipinski definition) is 6. The highest BCUT2D eigenvalue weighted by molar-refractivity contribution is 5.84. The molecule has 178 valence electrons. The van der Waals surface area contributed by atoms with Crippen LogP contribution in [-0.4, -0.2) is 29.3 Å². The highest BCUT2D eigenvalue weighted by atomic mass is 19.4. The zero-order valence-electron chi connectivity index (χ0n) is 18.7. The van der Waals surface area contributed by atoms with Gasteiger partial charge in [-0.2, -0.15) is 28.2 Å². The number of nitrogens with zero attached hydrogens (tertiary/aromatic N) is 6. The van der Waals surface area contributed by atoms with E-state index in [9.17, 15) is 13.2 Å². The highest BCUT2D eigenvalue weighted by Crippen LogP contribution is 2.33. The van der Waals surface area contributed by atoms with Crippen LogP contribution in [0.3, 0.4) is 0 Å². The molecule has 0 radical (unpaired) electrons. The van der Waals surface area contributed by atoms with E-state index < -0.39 is 11.7 Å². The smallest absolute Gasteiger partial charge is 0.364 e. The van der Waals surface area contributed by atoms with Crippen molar-refractivity contribution in [1.29, 1.82) is 0 Å². The lowest BCUT2D eigenvalue weighted by molar-refractivity contribution is -0.137. The summed E-state index contributed by atoms with van der Waals surface area (Å²) < 4.78 is 43.1. The van der Waals surface area contributed by atoms with E-state index in [0.29, 0.717) is 40.4 Å². The van der Waals surface area contributed by atoms with Gasteiger partial charge in [-0.15, -0.1) is 0 Å². The maximum Gasteiger partial charge on any atom is 0.416 e. The van der Waals surface area contributed by atoms with Gasteiger partial charge in [0.1, 0.15) is 5.82 Å². The molecule has 5 rings (SSSR count). The molecule has 1 aliphatic carbocycles. The summed E-state index contributed by atoms with van der Waals surface area (Å²) in [5, 5.41) is 10.5. The fourth-order valence-electron chi connectivity index (χ4n) is 4.38. The van der Waals surface area contributed by atoms with Crippen LogP contribution >= 0.6 is 0 Å². The zero-order chi connectivity index (χ0) is 23.7. The minimum absolute atomic E-state index is 0.164. The van der Waals surface area contributed by atoms with Crippen LogP contribution in [0.1, 0.15) is 49.3 Å². The fraction of sp³-hybridized carbons (Fsp3) is 0.391. The first kappa shape index (κ1) is 22.2. The van der Waals surface area contributed by atoms with Gasteiger partial charge in [-0.1, -0.05) is 31.4 Å². The summed E-state index contributed by atoms with van der Waals surface area (Å²) in [5.74, 6) is 1.54. The number of hydrogen-bond donors (Lipinski definition) is 2. The maximum absolute atomic E-state index is 13.1. The van der Waals surface area contributed by atoms with E-state index in [1.807, 2.05) is 6.07 Å². The number of anilines is 3. The Morgan fingerprint density at radius 2 is 1.91 bits per heavy atom. The Kier molecular flexibility index (Phi) is 5.84. The number of rotatable bonds is 6. The molecule has 1 aromatic carbocycles. The maximum atomic E-state index is 13.1. The molecule has 3 aromatic heterocycles. The Labute approximate surface area is 194 Å². The van der Waals surface area contributed by atoms with Crippen LogP contribution in [0.15, 0.2) is 42.9 Å². The largest absolute Gasteiger partial charge is 0.416 e. The summed E-state index contributed by atoms with van der Waals surface area (Å²) in [6.07, 6.45) is 4.75. The normalized spacial score (nSPS) is 15.1. The number of fused-ring (bicyclic) bond motifs is 1. The van der Waals surface area contributed by atoms with E-state index in [0.717, 1.165) is 37.8 Å². The van der Waals surface area contributed by atoms with E-state index in [1.54, 1.807) is 30.3 Å². The molecule has 2 N–H and O–H groups in total. The molecule has 0 aliphatic heterocycles. The molecule has 1 saturated carbocycles. The average Bonchev–Trinajstić information content (AvgIpc) is 3.44. The van der Waals surface area contributed by atoms with Crippen molar-refractivity contribution in [3.8, 4) is 0 Å². The number of benzene rings is 1. The van der Waals surface area contributed by atoms with Crippen LogP contribution in [0.25, 0.3) is 11.2 Å². The Morgan fingerprint density at radius 3 is 2.65 bits per heavy atom. The Hall–Kier alpha value is -3.63. The molecule has 34 heavy (non-hydrogen) atoms. The second-order valence-corrected chi connectivity index (χ2v) is 8.53. The van der Waals surface area contributed by atoms with Crippen molar-refractivity contribution in [2.24, 2.45) is 7.05 Å². The molecule has 1 aliphatic rings. The summed E-state index contributed by atoms with van der Waals surface area (Å²) in [6.45, 7) is 0.164. The molecular weight excluding hydrogens is 445 g/mol. The van der Waals surface area contributed by atoms with Crippen molar-refractivity contribution in [2.45, 2.75) is 50.9 Å². The van der Waals surface area contributed by atoms with E-state index in [2.05, 4.69) is 30.3 Å². The van der Waals surface area contributed by atoms with Crippen LogP contribution in [0.5, 0.6) is 0 Å². The average molecular weight is 471 g/mol. The van der Waals surface area contributed by atoms with E-state index in [4.69, 9.17) is 4.98 Å². The van der Waals surface area contributed by atoms with E-state index in [1.165, 1.54) is 12.5 Å². The van der Waals surface area contributed by atoms with Crippen LogP contribution in [0.4, 0.5) is 30.8 Å². The Balaban J connectivity index is 1.49. The molecule has 1 fully saturated rings. The topological polar surface area (TPSA) is 85.5 Å². The number of alkyl halides is 3. The van der Waals surface area contributed by atoms with Gasteiger partial charge in [0.15, 0.2) is 17.0 Å².